The predicted molar refractivity (Wildman–Crippen MR) is 150 cm³/mol. The van der Waals surface area contributed by atoms with E-state index in [1.807, 2.05) is 41.4 Å². The predicted octanol–water partition coefficient (Wildman–Crippen LogP) is 3.81. The van der Waals surface area contributed by atoms with Crippen LogP contribution in [-0.2, 0) is 15.6 Å². The SMILES string of the molecule is COc1cc2nc(C(C)(c3ccc[nH]3)C3(c4ccccc4)CCN(C(=O)CCO)CC3)nc(N)c2cc1OC. The number of nitrogens with two attached hydrogens (primary N) is 1. The molecule has 39 heavy (non-hydrogen) atoms. The van der Waals surface area contributed by atoms with Gasteiger partial charge in [-0.3, -0.25) is 4.79 Å². The van der Waals surface area contributed by atoms with E-state index in [1.54, 1.807) is 20.3 Å². The minimum absolute atomic E-state index is 0.0343. The summed E-state index contributed by atoms with van der Waals surface area (Å²) in [4.78, 5) is 28.0. The number of aromatic amines is 1. The van der Waals surface area contributed by atoms with Gasteiger partial charge in [0, 0.05) is 48.3 Å². The monoisotopic (exact) mass is 529 g/mol. The number of aliphatic hydroxyl groups is 1. The molecule has 2 aromatic carbocycles. The Bertz CT molecular complexity index is 1450. The molecule has 4 N–H and O–H groups in total. The molecular formula is C30H35N5O4. The third-order valence-electron chi connectivity index (χ3n) is 8.39. The molecular weight excluding hydrogens is 494 g/mol. The van der Waals surface area contributed by atoms with Gasteiger partial charge in [0.1, 0.15) is 11.6 Å². The number of nitrogens with zero attached hydrogens (tertiary/aromatic N) is 3. The lowest BCUT2D eigenvalue weighted by molar-refractivity contribution is -0.133. The summed E-state index contributed by atoms with van der Waals surface area (Å²) in [5.41, 5.74) is 8.15. The van der Waals surface area contributed by atoms with Crippen molar-refractivity contribution in [3.63, 3.8) is 0 Å². The quantitative estimate of drug-likeness (QED) is 0.317. The zero-order chi connectivity index (χ0) is 27.6. The first-order chi connectivity index (χ1) is 18.9. The minimum Gasteiger partial charge on any atom is -0.493 e. The van der Waals surface area contributed by atoms with Gasteiger partial charge in [-0.2, -0.15) is 0 Å². The van der Waals surface area contributed by atoms with E-state index in [9.17, 15) is 9.90 Å². The largest absolute Gasteiger partial charge is 0.493 e. The number of H-pyrrole nitrogens is 1. The minimum atomic E-state index is -0.737. The Morgan fingerprint density at radius 1 is 1.08 bits per heavy atom. The van der Waals surface area contributed by atoms with Crippen LogP contribution in [0, 0.1) is 0 Å². The van der Waals surface area contributed by atoms with Gasteiger partial charge in [0.25, 0.3) is 0 Å². The Balaban J connectivity index is 1.73. The fourth-order valence-electron chi connectivity index (χ4n) is 6.16. The van der Waals surface area contributed by atoms with Crippen molar-refractivity contribution in [2.45, 2.75) is 37.0 Å². The van der Waals surface area contributed by atoms with Crippen molar-refractivity contribution in [2.24, 2.45) is 0 Å². The summed E-state index contributed by atoms with van der Waals surface area (Å²) < 4.78 is 11.0. The van der Waals surface area contributed by atoms with E-state index in [-0.39, 0.29) is 18.9 Å². The Kier molecular flexibility index (Phi) is 7.18. The van der Waals surface area contributed by atoms with Crippen molar-refractivity contribution in [2.75, 3.05) is 39.6 Å². The standard InChI is InChI=1S/C30H35N5O4/c1-29(25-10-7-14-32-25,28-33-22-19-24(39-3)23(38-2)18-21(22)27(31)34-28)30(20-8-5-4-6-9-20)12-15-35(16-13-30)26(37)11-17-36/h4-10,14,18-19,32,36H,11-13,15-17H2,1-3H3,(H2,31,33,34). The normalized spacial score (nSPS) is 16.6. The lowest BCUT2D eigenvalue weighted by Gasteiger charge is -2.52. The number of methoxy groups -OCH3 is 2. The lowest BCUT2D eigenvalue weighted by atomic mass is 9.54. The molecule has 0 saturated carbocycles. The highest BCUT2D eigenvalue weighted by molar-refractivity contribution is 5.91. The number of carbonyl (C=O) groups excluding carboxylic acids is 1. The second-order valence-corrected chi connectivity index (χ2v) is 10.2. The van der Waals surface area contributed by atoms with Crippen molar-refractivity contribution in [3.8, 4) is 11.5 Å². The first kappa shape index (κ1) is 26.5. The number of hydrogen-bond acceptors (Lipinski definition) is 7. The van der Waals surface area contributed by atoms with Crippen LogP contribution in [0.3, 0.4) is 0 Å². The van der Waals surface area contributed by atoms with Gasteiger partial charge in [-0.05, 0) is 43.5 Å². The third-order valence-corrected chi connectivity index (χ3v) is 8.39. The van der Waals surface area contributed by atoms with Crippen LogP contribution in [0.5, 0.6) is 11.5 Å². The lowest BCUT2D eigenvalue weighted by Crippen LogP contribution is -2.56. The van der Waals surface area contributed by atoms with E-state index < -0.39 is 10.8 Å². The van der Waals surface area contributed by atoms with Crippen LogP contribution >= 0.6 is 0 Å². The van der Waals surface area contributed by atoms with Gasteiger partial charge < -0.3 is 30.2 Å². The number of piperidine rings is 1. The van der Waals surface area contributed by atoms with Gasteiger partial charge in [-0.25, -0.2) is 9.97 Å². The summed E-state index contributed by atoms with van der Waals surface area (Å²) in [5.74, 6) is 2.02. The summed E-state index contributed by atoms with van der Waals surface area (Å²) in [7, 11) is 3.17. The number of nitrogen functional groups attached to an aromatic ring is 1. The summed E-state index contributed by atoms with van der Waals surface area (Å²) in [5, 5.41) is 10.0. The number of amides is 1. The number of fused-ring (bicyclic) bond motifs is 1. The first-order valence-electron chi connectivity index (χ1n) is 13.2. The Labute approximate surface area is 228 Å². The number of anilines is 1. The van der Waals surface area contributed by atoms with Crippen molar-refractivity contribution >= 4 is 22.6 Å². The zero-order valence-electron chi connectivity index (χ0n) is 22.6. The molecule has 4 aromatic rings. The van der Waals surface area contributed by atoms with Gasteiger partial charge >= 0.3 is 0 Å². The molecule has 0 bridgehead atoms. The number of likely N-dealkylation sites (tertiary alicyclic amines) is 1. The first-order valence-corrected chi connectivity index (χ1v) is 13.2. The van der Waals surface area contributed by atoms with E-state index in [1.165, 1.54) is 0 Å². The molecule has 1 fully saturated rings. The average Bonchev–Trinajstić information content (AvgIpc) is 3.52. The Morgan fingerprint density at radius 2 is 1.77 bits per heavy atom. The van der Waals surface area contributed by atoms with Crippen LogP contribution in [0.25, 0.3) is 10.9 Å². The maximum atomic E-state index is 12.7. The van der Waals surface area contributed by atoms with Crippen LogP contribution in [0.1, 0.15) is 43.3 Å². The molecule has 1 amide bonds. The van der Waals surface area contributed by atoms with Crippen LogP contribution in [-0.4, -0.2) is 64.8 Å². The number of carbonyl (C=O) groups is 1. The molecule has 1 atom stereocenters. The molecule has 1 aliphatic rings. The number of aliphatic hydroxyl groups excluding tert-OH is 1. The van der Waals surface area contributed by atoms with E-state index in [4.69, 9.17) is 25.2 Å². The summed E-state index contributed by atoms with van der Waals surface area (Å²) in [6, 6.07) is 18.1. The number of hydrogen-bond donors (Lipinski definition) is 3. The van der Waals surface area contributed by atoms with Crippen molar-refractivity contribution in [3.05, 3.63) is 77.9 Å². The molecule has 9 nitrogen and oxygen atoms in total. The number of ether oxygens (including phenoxy) is 2. The highest BCUT2D eigenvalue weighted by atomic mass is 16.5. The van der Waals surface area contributed by atoms with Gasteiger partial charge in [-0.15, -0.1) is 0 Å². The van der Waals surface area contributed by atoms with Crippen LogP contribution in [0.2, 0.25) is 0 Å². The molecule has 0 spiro atoms. The van der Waals surface area contributed by atoms with Gasteiger partial charge in [0.15, 0.2) is 11.5 Å². The molecule has 5 rings (SSSR count). The Hall–Kier alpha value is -4.11. The molecule has 1 aliphatic heterocycles. The summed E-state index contributed by atoms with van der Waals surface area (Å²) >= 11 is 0. The second kappa shape index (κ2) is 10.6. The number of benzene rings is 2. The van der Waals surface area contributed by atoms with Crippen LogP contribution in [0.15, 0.2) is 60.8 Å². The average molecular weight is 530 g/mol. The molecule has 1 unspecified atom stereocenters. The molecule has 0 radical (unpaired) electrons. The molecule has 0 aliphatic carbocycles. The number of nitrogens with one attached hydrogen (secondary N) is 1. The fraction of sp³-hybridized carbons (Fsp3) is 0.367. The second-order valence-electron chi connectivity index (χ2n) is 10.2. The zero-order valence-corrected chi connectivity index (χ0v) is 22.6. The van der Waals surface area contributed by atoms with Crippen LogP contribution < -0.4 is 15.2 Å². The highest BCUT2D eigenvalue weighted by Crippen LogP contribution is 2.53. The topological polar surface area (TPSA) is 127 Å². The smallest absolute Gasteiger partial charge is 0.224 e. The maximum absolute atomic E-state index is 12.7. The molecule has 2 aromatic heterocycles. The summed E-state index contributed by atoms with van der Waals surface area (Å²) in [6.07, 6.45) is 3.39. The van der Waals surface area contributed by atoms with Gasteiger partial charge in [0.05, 0.1) is 31.8 Å². The molecule has 204 valence electrons. The molecule has 9 heteroatoms. The number of aromatic nitrogens is 3. The van der Waals surface area contributed by atoms with Crippen molar-refractivity contribution < 1.29 is 19.4 Å². The van der Waals surface area contributed by atoms with Crippen molar-refractivity contribution in [1.82, 2.24) is 19.9 Å². The molecule has 3 heterocycles. The summed E-state index contributed by atoms with van der Waals surface area (Å²) in [6.45, 7) is 3.12. The van der Waals surface area contributed by atoms with E-state index >= 15 is 0 Å². The van der Waals surface area contributed by atoms with E-state index in [2.05, 4.69) is 30.1 Å². The van der Waals surface area contributed by atoms with E-state index in [0.29, 0.717) is 60.0 Å². The number of rotatable bonds is 8. The Morgan fingerprint density at radius 3 is 2.38 bits per heavy atom. The van der Waals surface area contributed by atoms with Crippen LogP contribution in [0.4, 0.5) is 5.82 Å². The van der Waals surface area contributed by atoms with Crippen molar-refractivity contribution in [1.29, 1.82) is 0 Å². The fourth-order valence-corrected chi connectivity index (χ4v) is 6.16. The van der Waals surface area contributed by atoms with E-state index in [0.717, 1.165) is 11.3 Å². The highest BCUT2D eigenvalue weighted by Gasteiger charge is 2.55. The molecule has 1 saturated heterocycles. The maximum Gasteiger partial charge on any atom is 0.224 e. The third kappa shape index (κ3) is 4.36. The van der Waals surface area contributed by atoms with Gasteiger partial charge in [-0.1, -0.05) is 30.3 Å². The van der Waals surface area contributed by atoms with Gasteiger partial charge in [0.2, 0.25) is 5.91 Å².